The Balaban J connectivity index is 1.36. The predicted octanol–water partition coefficient (Wildman–Crippen LogP) is 0.854. The fourth-order valence-electron chi connectivity index (χ4n) is 3.16. The van der Waals surface area contributed by atoms with E-state index in [-0.39, 0.29) is 11.8 Å². The molecule has 120 valence electrons. The van der Waals surface area contributed by atoms with Crippen LogP contribution >= 0.6 is 0 Å². The molecule has 4 rings (SSSR count). The lowest BCUT2D eigenvalue weighted by atomic mass is 9.96. The topological polar surface area (TPSA) is 68.2 Å². The number of hydrogen-bond donors (Lipinski definition) is 2. The highest BCUT2D eigenvalue weighted by Gasteiger charge is 2.25. The Morgan fingerprint density at radius 1 is 1.43 bits per heavy atom. The first-order valence-electron chi connectivity index (χ1n) is 8.04. The van der Waals surface area contributed by atoms with Gasteiger partial charge in [0.2, 0.25) is 5.91 Å². The van der Waals surface area contributed by atoms with Gasteiger partial charge in [-0.2, -0.15) is 5.10 Å². The van der Waals surface area contributed by atoms with Gasteiger partial charge in [-0.25, -0.2) is 0 Å². The van der Waals surface area contributed by atoms with Crippen LogP contribution in [0.4, 0.5) is 0 Å². The van der Waals surface area contributed by atoms with Gasteiger partial charge in [0.1, 0.15) is 12.4 Å². The molecule has 2 aromatic rings. The van der Waals surface area contributed by atoms with Crippen molar-refractivity contribution in [2.45, 2.75) is 26.1 Å². The van der Waals surface area contributed by atoms with Crippen molar-refractivity contribution < 1.29 is 9.53 Å². The van der Waals surface area contributed by atoms with E-state index >= 15 is 0 Å². The van der Waals surface area contributed by atoms with Crippen LogP contribution in [0.3, 0.4) is 0 Å². The van der Waals surface area contributed by atoms with E-state index in [1.165, 1.54) is 5.69 Å². The lowest BCUT2D eigenvalue weighted by Gasteiger charge is -2.24. The van der Waals surface area contributed by atoms with E-state index in [2.05, 4.69) is 21.8 Å². The third-order valence-electron chi connectivity index (χ3n) is 4.41. The van der Waals surface area contributed by atoms with E-state index in [1.54, 1.807) is 0 Å². The molecule has 0 saturated heterocycles. The number of aromatic nitrogens is 2. The zero-order chi connectivity index (χ0) is 15.6. The van der Waals surface area contributed by atoms with Crippen LogP contribution in [0, 0.1) is 5.92 Å². The van der Waals surface area contributed by atoms with Gasteiger partial charge in [-0.1, -0.05) is 18.2 Å². The second kappa shape index (κ2) is 6.04. The van der Waals surface area contributed by atoms with Crippen LogP contribution in [0.2, 0.25) is 0 Å². The van der Waals surface area contributed by atoms with Gasteiger partial charge < -0.3 is 15.4 Å². The second-order valence-electron chi connectivity index (χ2n) is 6.06. The number of nitrogens with zero attached hydrogens (tertiary/aromatic N) is 2. The summed E-state index contributed by atoms with van der Waals surface area (Å²) in [4.78, 5) is 12.4. The minimum absolute atomic E-state index is 0.0311. The minimum Gasteiger partial charge on any atom is -0.492 e. The Labute approximate surface area is 134 Å². The third kappa shape index (κ3) is 2.94. The standard InChI is InChI=1S/C17H20N4O2/c22-17(13-7-12-3-1-2-4-16(12)23-11-13)19-9-14-8-15-10-18-5-6-21(15)20-14/h1-4,8,13,18H,5-7,9-11H2,(H,19,22)/t13-/m0/s1. The maximum Gasteiger partial charge on any atom is 0.227 e. The molecular weight excluding hydrogens is 292 g/mol. The Kier molecular flexibility index (Phi) is 3.75. The molecule has 0 saturated carbocycles. The molecule has 0 aliphatic carbocycles. The molecule has 2 N–H and O–H groups in total. The predicted molar refractivity (Wildman–Crippen MR) is 84.9 cm³/mol. The zero-order valence-electron chi connectivity index (χ0n) is 12.9. The van der Waals surface area contributed by atoms with Crippen LogP contribution < -0.4 is 15.4 Å². The normalized spacial score (nSPS) is 19.4. The number of benzene rings is 1. The maximum absolute atomic E-state index is 12.4. The number of amides is 1. The summed E-state index contributed by atoms with van der Waals surface area (Å²) >= 11 is 0. The van der Waals surface area contributed by atoms with Crippen molar-refractivity contribution in [1.29, 1.82) is 0 Å². The molecule has 2 aliphatic heterocycles. The molecule has 0 unspecified atom stereocenters. The number of carbonyl (C=O) groups is 1. The van der Waals surface area contributed by atoms with Gasteiger partial charge in [-0.3, -0.25) is 9.48 Å². The van der Waals surface area contributed by atoms with E-state index in [4.69, 9.17) is 4.74 Å². The molecular formula is C17H20N4O2. The fourth-order valence-corrected chi connectivity index (χ4v) is 3.16. The maximum atomic E-state index is 12.4. The summed E-state index contributed by atoms with van der Waals surface area (Å²) in [6.45, 7) is 3.58. The third-order valence-corrected chi connectivity index (χ3v) is 4.41. The van der Waals surface area contributed by atoms with E-state index < -0.39 is 0 Å². The largest absolute Gasteiger partial charge is 0.492 e. The molecule has 1 aromatic carbocycles. The summed E-state index contributed by atoms with van der Waals surface area (Å²) in [6, 6.07) is 9.96. The highest BCUT2D eigenvalue weighted by atomic mass is 16.5. The van der Waals surface area contributed by atoms with Gasteiger partial charge in [0.25, 0.3) is 0 Å². The molecule has 0 radical (unpaired) electrons. The smallest absolute Gasteiger partial charge is 0.227 e. The van der Waals surface area contributed by atoms with Gasteiger partial charge in [0, 0.05) is 13.1 Å². The summed E-state index contributed by atoms with van der Waals surface area (Å²) in [7, 11) is 0. The summed E-state index contributed by atoms with van der Waals surface area (Å²) in [5.41, 5.74) is 3.19. The summed E-state index contributed by atoms with van der Waals surface area (Å²) in [5.74, 6) is 0.790. The number of para-hydroxylation sites is 1. The second-order valence-corrected chi connectivity index (χ2v) is 6.06. The molecule has 2 aliphatic rings. The van der Waals surface area contributed by atoms with Gasteiger partial charge >= 0.3 is 0 Å². The Morgan fingerprint density at radius 3 is 3.26 bits per heavy atom. The average Bonchev–Trinajstić information content (AvgIpc) is 3.02. The number of rotatable bonds is 3. The van der Waals surface area contributed by atoms with Gasteiger partial charge in [0.05, 0.1) is 30.4 Å². The molecule has 1 atom stereocenters. The van der Waals surface area contributed by atoms with Crippen molar-refractivity contribution in [2.24, 2.45) is 5.92 Å². The monoisotopic (exact) mass is 312 g/mol. The fraction of sp³-hybridized carbons (Fsp3) is 0.412. The molecule has 6 heteroatoms. The van der Waals surface area contributed by atoms with E-state index in [9.17, 15) is 4.79 Å². The number of nitrogens with one attached hydrogen (secondary N) is 2. The summed E-state index contributed by atoms with van der Waals surface area (Å²) in [6.07, 6.45) is 0.728. The molecule has 3 heterocycles. The van der Waals surface area contributed by atoms with Crippen molar-refractivity contribution in [3.8, 4) is 5.75 Å². The first-order chi connectivity index (χ1) is 11.3. The molecule has 23 heavy (non-hydrogen) atoms. The first-order valence-corrected chi connectivity index (χ1v) is 8.04. The summed E-state index contributed by atoms with van der Waals surface area (Å²) in [5, 5.41) is 10.8. The van der Waals surface area contributed by atoms with Gasteiger partial charge in [-0.05, 0) is 24.1 Å². The van der Waals surface area contributed by atoms with Crippen LogP contribution in [-0.2, 0) is 30.8 Å². The van der Waals surface area contributed by atoms with Crippen LogP contribution in [-0.4, -0.2) is 28.8 Å². The van der Waals surface area contributed by atoms with Crippen molar-refractivity contribution in [2.75, 3.05) is 13.2 Å². The van der Waals surface area contributed by atoms with Crippen LogP contribution in [0.5, 0.6) is 5.75 Å². The van der Waals surface area contributed by atoms with Crippen molar-refractivity contribution in [3.05, 3.63) is 47.3 Å². The SMILES string of the molecule is O=C(NCc1cc2n(n1)CCNC2)[C@@H]1COc2ccccc2C1. The zero-order valence-corrected chi connectivity index (χ0v) is 12.9. The molecule has 0 fully saturated rings. The van der Waals surface area contributed by atoms with Gasteiger partial charge in [-0.15, -0.1) is 0 Å². The highest BCUT2D eigenvalue weighted by molar-refractivity contribution is 5.79. The minimum atomic E-state index is -0.135. The van der Waals surface area contributed by atoms with Crippen LogP contribution in [0.25, 0.3) is 0 Å². The van der Waals surface area contributed by atoms with Crippen LogP contribution in [0.1, 0.15) is 17.0 Å². The number of fused-ring (bicyclic) bond motifs is 2. The number of hydrogen-bond acceptors (Lipinski definition) is 4. The molecule has 6 nitrogen and oxygen atoms in total. The molecule has 1 aromatic heterocycles. The van der Waals surface area contributed by atoms with Crippen molar-refractivity contribution in [3.63, 3.8) is 0 Å². The molecule has 1 amide bonds. The Bertz CT molecular complexity index is 702. The summed E-state index contributed by atoms with van der Waals surface area (Å²) < 4.78 is 7.70. The highest BCUT2D eigenvalue weighted by Crippen LogP contribution is 2.26. The molecule has 0 bridgehead atoms. The van der Waals surface area contributed by atoms with E-state index in [0.29, 0.717) is 13.2 Å². The van der Waals surface area contributed by atoms with E-state index in [1.807, 2.05) is 28.9 Å². The Morgan fingerprint density at radius 2 is 2.35 bits per heavy atom. The van der Waals surface area contributed by atoms with Crippen molar-refractivity contribution in [1.82, 2.24) is 20.4 Å². The van der Waals surface area contributed by atoms with Gasteiger partial charge in [0.15, 0.2) is 0 Å². The average molecular weight is 312 g/mol. The van der Waals surface area contributed by atoms with E-state index in [0.717, 1.165) is 43.1 Å². The lowest BCUT2D eigenvalue weighted by Crippen LogP contribution is -2.37. The number of ether oxygens (including phenoxy) is 1. The van der Waals surface area contributed by atoms with Crippen LogP contribution in [0.15, 0.2) is 30.3 Å². The quantitative estimate of drug-likeness (QED) is 0.882. The van der Waals surface area contributed by atoms with Crippen molar-refractivity contribution >= 4 is 5.91 Å². The first kappa shape index (κ1) is 14.3. The molecule has 0 spiro atoms. The lowest BCUT2D eigenvalue weighted by molar-refractivity contribution is -0.126. The Hall–Kier alpha value is -2.34. The number of carbonyl (C=O) groups excluding carboxylic acids is 1.